The molecule has 0 atom stereocenters. The average molecular weight is 321 g/mol. The highest BCUT2D eigenvalue weighted by Gasteiger charge is 2.12. The molecule has 3 rings (SSSR count). The Morgan fingerprint density at radius 2 is 1.58 bits per heavy atom. The second-order valence-corrected chi connectivity index (χ2v) is 5.23. The molecule has 3 aromatic rings. The number of halogens is 1. The summed E-state index contributed by atoms with van der Waals surface area (Å²) in [6.45, 7) is 1.65. The number of hydrazone groups is 1. The Balaban J connectivity index is 1.84. The van der Waals surface area contributed by atoms with Crippen molar-refractivity contribution in [1.82, 2.24) is 9.99 Å². The molecule has 0 saturated carbocycles. The molecular weight excluding hydrogens is 305 g/mol. The topological polar surface area (TPSA) is 46.4 Å². The minimum absolute atomic E-state index is 0.352. The Kier molecular flexibility index (Phi) is 4.52. The number of carbonyl (C=O) groups is 1. The molecule has 5 heteroatoms. The molecule has 0 radical (unpaired) electrons. The van der Waals surface area contributed by atoms with Gasteiger partial charge in [0.25, 0.3) is 5.91 Å². The maximum Gasteiger partial charge on any atom is 0.273 e. The number of para-hydroxylation sites is 1. The van der Waals surface area contributed by atoms with Gasteiger partial charge in [0.15, 0.2) is 0 Å². The van der Waals surface area contributed by atoms with Crippen molar-refractivity contribution in [3.05, 3.63) is 90.0 Å². The molecule has 0 aliphatic rings. The van der Waals surface area contributed by atoms with Crippen molar-refractivity contribution in [1.29, 1.82) is 0 Å². The first kappa shape index (κ1) is 15.7. The summed E-state index contributed by atoms with van der Waals surface area (Å²) in [5, 5.41) is 4.02. The fourth-order valence-electron chi connectivity index (χ4n) is 2.40. The molecule has 0 saturated heterocycles. The van der Waals surface area contributed by atoms with Crippen molar-refractivity contribution in [3.63, 3.8) is 0 Å². The van der Waals surface area contributed by atoms with Crippen LogP contribution in [-0.2, 0) is 0 Å². The molecular formula is C19H16FN3O. The zero-order chi connectivity index (χ0) is 16.9. The van der Waals surface area contributed by atoms with Crippen LogP contribution in [0.3, 0.4) is 0 Å². The lowest BCUT2D eigenvalue weighted by Gasteiger charge is -2.09. The third kappa shape index (κ3) is 3.25. The van der Waals surface area contributed by atoms with Gasteiger partial charge in [0.2, 0.25) is 0 Å². The molecule has 1 amide bonds. The molecule has 0 unspecified atom stereocenters. The summed E-state index contributed by atoms with van der Waals surface area (Å²) < 4.78 is 15.6. The summed E-state index contributed by atoms with van der Waals surface area (Å²) in [7, 11) is 0. The van der Waals surface area contributed by atoms with Crippen molar-refractivity contribution in [2.45, 2.75) is 6.92 Å². The van der Waals surface area contributed by atoms with Crippen LogP contribution in [0.2, 0.25) is 0 Å². The van der Waals surface area contributed by atoms with E-state index in [2.05, 4.69) is 10.5 Å². The lowest BCUT2D eigenvalue weighted by atomic mass is 10.1. The van der Waals surface area contributed by atoms with Crippen molar-refractivity contribution < 1.29 is 9.18 Å². The van der Waals surface area contributed by atoms with Gasteiger partial charge in [0.1, 0.15) is 5.82 Å². The minimum atomic E-state index is -0.374. The lowest BCUT2D eigenvalue weighted by molar-refractivity contribution is 0.0955. The van der Waals surface area contributed by atoms with Gasteiger partial charge < -0.3 is 4.57 Å². The molecule has 120 valence electrons. The predicted octanol–water partition coefficient (Wildman–Crippen LogP) is 3.77. The van der Waals surface area contributed by atoms with Crippen LogP contribution in [0.4, 0.5) is 4.39 Å². The van der Waals surface area contributed by atoms with Crippen LogP contribution in [0.1, 0.15) is 22.8 Å². The van der Waals surface area contributed by atoms with Gasteiger partial charge >= 0.3 is 0 Å². The van der Waals surface area contributed by atoms with Gasteiger partial charge in [-0.15, -0.1) is 0 Å². The Bertz CT molecular complexity index is 885. The first-order valence-corrected chi connectivity index (χ1v) is 7.49. The van der Waals surface area contributed by atoms with Crippen LogP contribution in [0.5, 0.6) is 0 Å². The third-order valence-electron chi connectivity index (χ3n) is 3.62. The monoisotopic (exact) mass is 321 g/mol. The first-order chi connectivity index (χ1) is 11.7. The number of hydrogen-bond donors (Lipinski definition) is 1. The Morgan fingerprint density at radius 3 is 2.29 bits per heavy atom. The first-order valence-electron chi connectivity index (χ1n) is 7.49. The zero-order valence-corrected chi connectivity index (χ0v) is 13.1. The van der Waals surface area contributed by atoms with Crippen LogP contribution >= 0.6 is 0 Å². The number of rotatable bonds is 4. The molecule has 0 aliphatic carbocycles. The van der Waals surface area contributed by atoms with E-state index in [0.29, 0.717) is 16.8 Å². The number of amides is 1. The Hall–Kier alpha value is -3.21. The van der Waals surface area contributed by atoms with E-state index in [1.807, 2.05) is 41.2 Å². The largest absolute Gasteiger partial charge is 0.323 e. The van der Waals surface area contributed by atoms with Crippen molar-refractivity contribution in [2.75, 3.05) is 0 Å². The maximum atomic E-state index is 13.7. The fraction of sp³-hybridized carbons (Fsp3) is 0.0526. The highest BCUT2D eigenvalue weighted by atomic mass is 19.1. The molecule has 0 spiro atoms. The predicted molar refractivity (Wildman–Crippen MR) is 91.8 cm³/mol. The van der Waals surface area contributed by atoms with E-state index in [-0.39, 0.29) is 11.7 Å². The van der Waals surface area contributed by atoms with E-state index in [0.717, 1.165) is 5.69 Å². The van der Waals surface area contributed by atoms with Gasteiger partial charge in [-0.25, -0.2) is 9.82 Å². The van der Waals surface area contributed by atoms with E-state index in [9.17, 15) is 9.18 Å². The lowest BCUT2D eigenvalue weighted by Crippen LogP contribution is -2.21. The van der Waals surface area contributed by atoms with Gasteiger partial charge in [0, 0.05) is 18.0 Å². The number of carbonyl (C=O) groups excluding carboxylic acids is 1. The fourth-order valence-corrected chi connectivity index (χ4v) is 2.40. The SMILES string of the molecule is C/C(=N/NC(=O)c1ccccc1-n1cccc1)c1ccccc1F. The molecule has 2 aromatic carbocycles. The van der Waals surface area contributed by atoms with E-state index in [1.165, 1.54) is 6.07 Å². The number of nitrogens with zero attached hydrogens (tertiary/aromatic N) is 2. The molecule has 0 bridgehead atoms. The number of nitrogens with one attached hydrogen (secondary N) is 1. The molecule has 1 N–H and O–H groups in total. The van der Waals surface area contributed by atoms with Crippen LogP contribution < -0.4 is 5.43 Å². The van der Waals surface area contributed by atoms with E-state index < -0.39 is 0 Å². The van der Waals surface area contributed by atoms with Crippen molar-refractivity contribution >= 4 is 11.6 Å². The third-order valence-corrected chi connectivity index (χ3v) is 3.62. The summed E-state index contributed by atoms with van der Waals surface area (Å²) in [6, 6.07) is 17.3. The van der Waals surface area contributed by atoms with E-state index >= 15 is 0 Å². The van der Waals surface area contributed by atoms with Gasteiger partial charge in [0.05, 0.1) is 17.0 Å². The summed E-state index contributed by atoms with van der Waals surface area (Å²) in [5.41, 5.74) is 4.49. The number of hydrogen-bond acceptors (Lipinski definition) is 2. The molecule has 0 fully saturated rings. The van der Waals surface area contributed by atoms with Crippen molar-refractivity contribution in [2.24, 2.45) is 5.10 Å². The van der Waals surface area contributed by atoms with Gasteiger partial charge in [-0.1, -0.05) is 30.3 Å². The highest BCUT2D eigenvalue weighted by molar-refractivity contribution is 6.02. The summed E-state index contributed by atoms with van der Waals surface area (Å²) in [4.78, 5) is 12.5. The van der Waals surface area contributed by atoms with Crippen LogP contribution in [0, 0.1) is 5.82 Å². The maximum absolute atomic E-state index is 13.7. The van der Waals surface area contributed by atoms with Crippen molar-refractivity contribution in [3.8, 4) is 5.69 Å². The van der Waals surface area contributed by atoms with Gasteiger partial charge in [-0.05, 0) is 37.3 Å². The van der Waals surface area contributed by atoms with Gasteiger partial charge in [-0.3, -0.25) is 4.79 Å². The molecule has 4 nitrogen and oxygen atoms in total. The molecule has 0 aliphatic heterocycles. The standard InChI is InChI=1S/C19H16FN3O/c1-14(15-8-2-4-10-17(15)20)21-22-19(24)16-9-3-5-11-18(16)23-12-6-7-13-23/h2-13H,1H3,(H,22,24)/b21-14-. The molecule has 24 heavy (non-hydrogen) atoms. The van der Waals surface area contributed by atoms with E-state index in [4.69, 9.17) is 0 Å². The molecule has 1 aromatic heterocycles. The van der Waals surface area contributed by atoms with Crippen LogP contribution in [0.15, 0.2) is 78.2 Å². The zero-order valence-electron chi connectivity index (χ0n) is 13.1. The van der Waals surface area contributed by atoms with Crippen LogP contribution in [0.25, 0.3) is 5.69 Å². The second kappa shape index (κ2) is 6.91. The average Bonchev–Trinajstić information content (AvgIpc) is 3.14. The summed E-state index contributed by atoms with van der Waals surface area (Å²) in [6.07, 6.45) is 3.72. The molecule has 1 heterocycles. The van der Waals surface area contributed by atoms with Gasteiger partial charge in [-0.2, -0.15) is 5.10 Å². The minimum Gasteiger partial charge on any atom is -0.323 e. The number of benzene rings is 2. The van der Waals surface area contributed by atoms with E-state index in [1.54, 1.807) is 37.3 Å². The second-order valence-electron chi connectivity index (χ2n) is 5.23. The normalized spacial score (nSPS) is 11.3. The highest BCUT2D eigenvalue weighted by Crippen LogP contribution is 2.15. The summed E-state index contributed by atoms with van der Waals surface area (Å²) in [5.74, 6) is -0.726. The smallest absolute Gasteiger partial charge is 0.273 e. The number of aromatic nitrogens is 1. The van der Waals surface area contributed by atoms with Crippen LogP contribution in [-0.4, -0.2) is 16.2 Å². The summed E-state index contributed by atoms with van der Waals surface area (Å²) >= 11 is 0. The Labute approximate surface area is 139 Å². The Morgan fingerprint density at radius 1 is 0.958 bits per heavy atom. The quantitative estimate of drug-likeness (QED) is 0.577.